The van der Waals surface area contributed by atoms with E-state index in [9.17, 15) is 0 Å². The van der Waals surface area contributed by atoms with Crippen LogP contribution in [0.3, 0.4) is 0 Å². The Labute approximate surface area is 325 Å². The molecule has 3 rings (SSSR count). The van der Waals surface area contributed by atoms with Gasteiger partial charge in [0, 0.05) is 6.61 Å². The fraction of sp³-hybridized carbons (Fsp3) is 0.600. The molecule has 302 valence electrons. The van der Waals surface area contributed by atoms with Crippen molar-refractivity contribution in [2.75, 3.05) is 112 Å². The van der Waals surface area contributed by atoms with Gasteiger partial charge in [-0.3, -0.25) is 0 Å². The van der Waals surface area contributed by atoms with Crippen LogP contribution in [0.5, 0.6) is 0 Å². The Balaban J connectivity index is 1.06. The standard InChI is InChI=1S/C45H68O9/c1-2-3-4-5-6-7-8-18-25-46-26-27-47-28-29-48-30-31-49-32-33-50-34-35-51-36-37-52-38-39-53-40-41-54-45(42-19-12-9-13-20-42,43-21-14-10-15-22-43)44-23-16-11-17-24-44/h9-17,19-24H,2-8,18,25-41H2,1H3. The van der Waals surface area contributed by atoms with Crippen LogP contribution in [-0.4, -0.2) is 112 Å². The SMILES string of the molecule is CCCCCCCCCCOCCOCCOCCOCCOCCOCCOCCOCCOC(c1ccccc1)(c1ccccc1)c1ccccc1. The summed E-state index contributed by atoms with van der Waals surface area (Å²) in [4.78, 5) is 0. The maximum absolute atomic E-state index is 6.74. The van der Waals surface area contributed by atoms with Gasteiger partial charge in [-0.05, 0) is 23.1 Å². The van der Waals surface area contributed by atoms with Gasteiger partial charge in [0.2, 0.25) is 0 Å². The van der Waals surface area contributed by atoms with Gasteiger partial charge >= 0.3 is 0 Å². The van der Waals surface area contributed by atoms with Crippen molar-refractivity contribution in [3.63, 3.8) is 0 Å². The van der Waals surface area contributed by atoms with E-state index in [2.05, 4.69) is 43.3 Å². The summed E-state index contributed by atoms with van der Waals surface area (Å²) in [5, 5.41) is 0. The van der Waals surface area contributed by atoms with E-state index in [0.29, 0.717) is 106 Å². The second-order valence-corrected chi connectivity index (χ2v) is 13.0. The third-order valence-corrected chi connectivity index (χ3v) is 8.83. The fourth-order valence-corrected chi connectivity index (χ4v) is 6.00. The monoisotopic (exact) mass is 752 g/mol. The molecule has 54 heavy (non-hydrogen) atoms. The van der Waals surface area contributed by atoms with Crippen LogP contribution in [0.2, 0.25) is 0 Å². The van der Waals surface area contributed by atoms with Gasteiger partial charge in [-0.2, -0.15) is 0 Å². The predicted molar refractivity (Wildman–Crippen MR) is 214 cm³/mol. The van der Waals surface area contributed by atoms with Crippen molar-refractivity contribution < 1.29 is 42.6 Å². The first-order valence-electron chi connectivity index (χ1n) is 20.3. The molecule has 0 aromatic heterocycles. The molecule has 3 aromatic carbocycles. The minimum atomic E-state index is -0.745. The summed E-state index contributed by atoms with van der Waals surface area (Å²) in [6, 6.07) is 31.1. The van der Waals surface area contributed by atoms with Crippen LogP contribution in [0.25, 0.3) is 0 Å². The zero-order valence-electron chi connectivity index (χ0n) is 33.0. The van der Waals surface area contributed by atoms with E-state index in [0.717, 1.165) is 29.7 Å². The molecule has 0 N–H and O–H groups in total. The first-order chi connectivity index (χ1) is 26.9. The molecule has 0 heterocycles. The van der Waals surface area contributed by atoms with E-state index in [4.69, 9.17) is 42.6 Å². The Morgan fingerprint density at radius 2 is 0.556 bits per heavy atom. The van der Waals surface area contributed by atoms with Crippen molar-refractivity contribution in [3.05, 3.63) is 108 Å². The number of unbranched alkanes of at least 4 members (excludes halogenated alkanes) is 7. The second kappa shape index (κ2) is 32.5. The fourth-order valence-electron chi connectivity index (χ4n) is 6.00. The lowest BCUT2D eigenvalue weighted by atomic mass is 9.80. The van der Waals surface area contributed by atoms with Crippen molar-refractivity contribution in [1.82, 2.24) is 0 Å². The molecule has 3 aromatic rings. The van der Waals surface area contributed by atoms with E-state index in [-0.39, 0.29) is 0 Å². The lowest BCUT2D eigenvalue weighted by molar-refractivity contribution is -0.0398. The Kier molecular flexibility index (Phi) is 27.5. The molecule has 0 aliphatic heterocycles. The van der Waals surface area contributed by atoms with E-state index in [1.807, 2.05) is 54.6 Å². The third kappa shape index (κ3) is 20.3. The number of ether oxygens (including phenoxy) is 9. The number of hydrogen-bond donors (Lipinski definition) is 0. The summed E-state index contributed by atoms with van der Waals surface area (Å²) >= 11 is 0. The smallest absolute Gasteiger partial charge is 0.143 e. The van der Waals surface area contributed by atoms with Gasteiger partial charge in [-0.1, -0.05) is 143 Å². The average molecular weight is 753 g/mol. The van der Waals surface area contributed by atoms with Gasteiger partial charge in [0.25, 0.3) is 0 Å². The van der Waals surface area contributed by atoms with Crippen LogP contribution in [0.4, 0.5) is 0 Å². The van der Waals surface area contributed by atoms with E-state index < -0.39 is 5.60 Å². The summed E-state index contributed by atoms with van der Waals surface area (Å²) in [7, 11) is 0. The Bertz CT molecular complexity index is 1120. The van der Waals surface area contributed by atoms with Crippen LogP contribution >= 0.6 is 0 Å². The Hall–Kier alpha value is -2.70. The largest absolute Gasteiger partial charge is 0.379 e. The van der Waals surface area contributed by atoms with E-state index in [1.54, 1.807) is 0 Å². The highest BCUT2D eigenvalue weighted by Gasteiger charge is 2.37. The molecule has 0 aliphatic rings. The average Bonchev–Trinajstić information content (AvgIpc) is 3.22. The normalized spacial score (nSPS) is 11.7. The molecule has 0 saturated carbocycles. The van der Waals surface area contributed by atoms with Gasteiger partial charge < -0.3 is 42.6 Å². The van der Waals surface area contributed by atoms with E-state index >= 15 is 0 Å². The molecule has 0 amide bonds. The first kappa shape index (κ1) is 45.7. The maximum atomic E-state index is 6.74. The third-order valence-electron chi connectivity index (χ3n) is 8.83. The quantitative estimate of drug-likeness (QED) is 0.0427. The molecular formula is C45H68O9. The first-order valence-corrected chi connectivity index (χ1v) is 20.3. The Morgan fingerprint density at radius 3 is 0.870 bits per heavy atom. The molecule has 0 radical (unpaired) electrons. The maximum Gasteiger partial charge on any atom is 0.143 e. The molecule has 0 bridgehead atoms. The van der Waals surface area contributed by atoms with E-state index in [1.165, 1.54) is 44.9 Å². The summed E-state index contributed by atoms with van der Waals surface area (Å²) < 4.78 is 51.7. The highest BCUT2D eigenvalue weighted by molar-refractivity contribution is 5.47. The molecule has 0 fully saturated rings. The number of rotatable bonds is 37. The second-order valence-electron chi connectivity index (χ2n) is 13.0. The van der Waals surface area contributed by atoms with Crippen molar-refractivity contribution in [2.24, 2.45) is 0 Å². The number of benzene rings is 3. The van der Waals surface area contributed by atoms with Gasteiger partial charge in [0.1, 0.15) is 5.60 Å². The number of hydrogen-bond acceptors (Lipinski definition) is 9. The summed E-state index contributed by atoms with van der Waals surface area (Å²) in [5.41, 5.74) is 2.47. The minimum Gasteiger partial charge on any atom is -0.379 e. The van der Waals surface area contributed by atoms with Gasteiger partial charge in [-0.15, -0.1) is 0 Å². The molecular weight excluding hydrogens is 684 g/mol. The zero-order chi connectivity index (χ0) is 37.9. The van der Waals surface area contributed by atoms with Crippen molar-refractivity contribution in [3.8, 4) is 0 Å². The predicted octanol–water partition coefficient (Wildman–Crippen LogP) is 8.27. The highest BCUT2D eigenvalue weighted by atomic mass is 16.6. The van der Waals surface area contributed by atoms with Gasteiger partial charge in [0.15, 0.2) is 0 Å². The molecule has 9 heteroatoms. The lowest BCUT2D eigenvalue weighted by Gasteiger charge is -2.36. The highest BCUT2D eigenvalue weighted by Crippen LogP contribution is 2.40. The molecule has 0 saturated heterocycles. The van der Waals surface area contributed by atoms with Crippen molar-refractivity contribution >= 4 is 0 Å². The van der Waals surface area contributed by atoms with Crippen LogP contribution in [0, 0.1) is 0 Å². The van der Waals surface area contributed by atoms with Crippen molar-refractivity contribution in [2.45, 2.75) is 63.9 Å². The molecule has 0 atom stereocenters. The molecule has 9 nitrogen and oxygen atoms in total. The topological polar surface area (TPSA) is 83.1 Å². The van der Waals surface area contributed by atoms with Gasteiger partial charge in [0.05, 0.1) is 106 Å². The van der Waals surface area contributed by atoms with Crippen LogP contribution in [0.15, 0.2) is 91.0 Å². The van der Waals surface area contributed by atoms with Gasteiger partial charge in [-0.25, -0.2) is 0 Å². The Morgan fingerprint density at radius 1 is 0.296 bits per heavy atom. The van der Waals surface area contributed by atoms with Crippen LogP contribution in [0.1, 0.15) is 75.0 Å². The molecule has 0 unspecified atom stereocenters. The van der Waals surface area contributed by atoms with Crippen LogP contribution in [-0.2, 0) is 48.2 Å². The van der Waals surface area contributed by atoms with Crippen molar-refractivity contribution in [1.29, 1.82) is 0 Å². The molecule has 0 spiro atoms. The lowest BCUT2D eigenvalue weighted by Crippen LogP contribution is -2.34. The summed E-state index contributed by atoms with van der Waals surface area (Å²) in [6.45, 7) is 11.5. The summed E-state index contributed by atoms with van der Waals surface area (Å²) in [5.74, 6) is 0. The van der Waals surface area contributed by atoms with Crippen LogP contribution < -0.4 is 0 Å². The summed E-state index contributed by atoms with van der Waals surface area (Å²) in [6.07, 6.45) is 10.5. The minimum absolute atomic E-state index is 0.423. The zero-order valence-corrected chi connectivity index (χ0v) is 33.0. The molecule has 0 aliphatic carbocycles.